The van der Waals surface area contributed by atoms with E-state index in [4.69, 9.17) is 9.05 Å². The first-order valence-electron chi connectivity index (χ1n) is 6.27. The molecule has 1 heterocycles. The summed E-state index contributed by atoms with van der Waals surface area (Å²) in [6.45, 7) is 5.88. The first-order chi connectivity index (χ1) is 8.11. The van der Waals surface area contributed by atoms with Gasteiger partial charge >= 0.3 is 7.60 Å². The third-order valence-electron chi connectivity index (χ3n) is 2.71. The lowest BCUT2D eigenvalue weighted by Gasteiger charge is -2.19. The average Bonchev–Trinajstić information content (AvgIpc) is 2.80. The van der Waals surface area contributed by atoms with E-state index in [2.05, 4.69) is 0 Å². The molecule has 0 aromatic rings. The molecule has 1 fully saturated rings. The van der Waals surface area contributed by atoms with Crippen LogP contribution in [0.1, 0.15) is 33.1 Å². The summed E-state index contributed by atoms with van der Waals surface area (Å²) in [5.74, 6) is 0.0575. The van der Waals surface area contributed by atoms with Crippen molar-refractivity contribution in [1.82, 2.24) is 4.90 Å². The van der Waals surface area contributed by atoms with Crippen molar-refractivity contribution < 1.29 is 18.4 Å². The van der Waals surface area contributed by atoms with Crippen LogP contribution in [0.5, 0.6) is 0 Å². The number of carbonyl (C=O) groups is 1. The summed E-state index contributed by atoms with van der Waals surface area (Å²) in [6.07, 6.45) is 2.57. The molecular weight excluding hydrogens is 241 g/mol. The van der Waals surface area contributed by atoms with Crippen LogP contribution in [0.2, 0.25) is 0 Å². The van der Waals surface area contributed by atoms with Gasteiger partial charge in [-0.3, -0.25) is 9.36 Å². The molecule has 1 saturated heterocycles. The van der Waals surface area contributed by atoms with Crippen LogP contribution in [0.4, 0.5) is 0 Å². The lowest BCUT2D eigenvalue weighted by Crippen LogP contribution is -2.28. The van der Waals surface area contributed by atoms with Crippen LogP contribution in [-0.2, 0) is 18.4 Å². The molecule has 1 aliphatic heterocycles. The number of nitrogens with zero attached hydrogens (tertiary/aromatic N) is 1. The second kappa shape index (κ2) is 7.14. The zero-order chi connectivity index (χ0) is 12.7. The number of likely N-dealkylation sites (tertiary alicyclic amines) is 1. The van der Waals surface area contributed by atoms with Gasteiger partial charge < -0.3 is 13.9 Å². The fourth-order valence-electron chi connectivity index (χ4n) is 1.92. The highest BCUT2D eigenvalue weighted by molar-refractivity contribution is 7.53. The first kappa shape index (κ1) is 14.7. The van der Waals surface area contributed by atoms with Gasteiger partial charge in [0.2, 0.25) is 5.91 Å². The molecule has 0 saturated carbocycles. The van der Waals surface area contributed by atoms with Gasteiger partial charge in [-0.25, -0.2) is 0 Å². The van der Waals surface area contributed by atoms with Crippen LogP contribution in [0.25, 0.3) is 0 Å². The fraction of sp³-hybridized carbons (Fsp3) is 0.909. The van der Waals surface area contributed by atoms with Crippen LogP contribution < -0.4 is 0 Å². The van der Waals surface area contributed by atoms with Gasteiger partial charge in [-0.1, -0.05) is 0 Å². The Hall–Kier alpha value is -0.380. The maximum atomic E-state index is 12.1. The Morgan fingerprint density at radius 3 is 2.18 bits per heavy atom. The largest absolute Gasteiger partial charge is 0.343 e. The van der Waals surface area contributed by atoms with Crippen LogP contribution in [0, 0.1) is 0 Å². The van der Waals surface area contributed by atoms with Gasteiger partial charge in [-0.05, 0) is 26.7 Å². The molecule has 0 aromatic heterocycles. The summed E-state index contributed by atoms with van der Waals surface area (Å²) < 4.78 is 22.4. The summed E-state index contributed by atoms with van der Waals surface area (Å²) >= 11 is 0. The number of carbonyl (C=O) groups excluding carboxylic acids is 1. The zero-order valence-corrected chi connectivity index (χ0v) is 11.6. The molecule has 100 valence electrons. The van der Waals surface area contributed by atoms with Crippen LogP contribution in [0.15, 0.2) is 0 Å². The van der Waals surface area contributed by atoms with Crippen molar-refractivity contribution in [2.24, 2.45) is 0 Å². The van der Waals surface area contributed by atoms with E-state index in [-0.39, 0.29) is 18.5 Å². The van der Waals surface area contributed by atoms with Crippen molar-refractivity contribution in [3.8, 4) is 0 Å². The van der Waals surface area contributed by atoms with E-state index < -0.39 is 7.60 Å². The second-order valence-corrected chi connectivity index (χ2v) is 6.19. The maximum absolute atomic E-state index is 12.1. The molecule has 0 aromatic carbocycles. The molecule has 1 rings (SSSR count). The molecular formula is C11H22NO4P. The highest BCUT2D eigenvalue weighted by Gasteiger charge is 2.26. The van der Waals surface area contributed by atoms with Crippen molar-refractivity contribution >= 4 is 13.5 Å². The van der Waals surface area contributed by atoms with Crippen molar-refractivity contribution in [2.75, 3.05) is 32.5 Å². The monoisotopic (exact) mass is 263 g/mol. The third-order valence-corrected chi connectivity index (χ3v) is 4.78. The molecule has 0 unspecified atom stereocenters. The molecule has 17 heavy (non-hydrogen) atoms. The quantitative estimate of drug-likeness (QED) is 0.661. The molecule has 5 nitrogen and oxygen atoms in total. The molecule has 1 aliphatic rings. The van der Waals surface area contributed by atoms with E-state index in [1.54, 1.807) is 13.8 Å². The Labute approximate surface area is 103 Å². The standard InChI is InChI=1S/C11H22NO4P/c1-3-15-17(14,16-4-2)10-7-11(13)12-8-5-6-9-12/h3-10H2,1-2H3. The molecule has 0 N–H and O–H groups in total. The van der Waals surface area contributed by atoms with Gasteiger partial charge in [0.05, 0.1) is 19.4 Å². The molecule has 0 radical (unpaired) electrons. The minimum absolute atomic E-state index is 0.0575. The number of rotatable bonds is 7. The smallest absolute Gasteiger partial charge is 0.331 e. The molecule has 0 bridgehead atoms. The maximum Gasteiger partial charge on any atom is 0.331 e. The molecule has 0 atom stereocenters. The lowest BCUT2D eigenvalue weighted by atomic mass is 10.4. The van der Waals surface area contributed by atoms with E-state index in [9.17, 15) is 9.36 Å². The van der Waals surface area contributed by atoms with Crippen molar-refractivity contribution in [1.29, 1.82) is 0 Å². The first-order valence-corrected chi connectivity index (χ1v) is 8.00. The van der Waals surface area contributed by atoms with Crippen LogP contribution in [0.3, 0.4) is 0 Å². The predicted molar refractivity (Wildman–Crippen MR) is 66.2 cm³/mol. The van der Waals surface area contributed by atoms with Gasteiger partial charge in [-0.2, -0.15) is 0 Å². The highest BCUT2D eigenvalue weighted by Crippen LogP contribution is 2.48. The predicted octanol–water partition coefficient (Wildman–Crippen LogP) is 2.27. The Balaban J connectivity index is 2.40. The number of hydrogen-bond acceptors (Lipinski definition) is 4. The van der Waals surface area contributed by atoms with Gasteiger partial charge in [-0.15, -0.1) is 0 Å². The van der Waals surface area contributed by atoms with Crippen molar-refractivity contribution in [3.05, 3.63) is 0 Å². The third kappa shape index (κ3) is 4.78. The summed E-state index contributed by atoms with van der Waals surface area (Å²) in [7, 11) is -3.06. The molecule has 0 aliphatic carbocycles. The van der Waals surface area contributed by atoms with E-state index in [1.807, 2.05) is 4.90 Å². The summed E-state index contributed by atoms with van der Waals surface area (Å²) in [4.78, 5) is 13.6. The van der Waals surface area contributed by atoms with E-state index in [1.165, 1.54) is 0 Å². The normalized spacial score (nSPS) is 16.5. The van der Waals surface area contributed by atoms with Crippen molar-refractivity contribution in [2.45, 2.75) is 33.1 Å². The Bertz CT molecular complexity index is 279. The summed E-state index contributed by atoms with van der Waals surface area (Å²) in [5.41, 5.74) is 0. The average molecular weight is 263 g/mol. The van der Waals surface area contributed by atoms with Gasteiger partial charge in [0.1, 0.15) is 0 Å². The summed E-state index contributed by atoms with van der Waals surface area (Å²) in [6, 6.07) is 0. The van der Waals surface area contributed by atoms with Crippen molar-refractivity contribution in [3.63, 3.8) is 0 Å². The van der Waals surface area contributed by atoms with Crippen LogP contribution >= 0.6 is 7.60 Å². The minimum Gasteiger partial charge on any atom is -0.343 e. The SMILES string of the molecule is CCOP(=O)(CCC(=O)N1CCCC1)OCC. The fourth-order valence-corrected chi connectivity index (χ4v) is 3.50. The molecule has 0 spiro atoms. The minimum atomic E-state index is -3.06. The molecule has 1 amide bonds. The topological polar surface area (TPSA) is 55.8 Å². The molecule has 6 heteroatoms. The lowest BCUT2D eigenvalue weighted by molar-refractivity contribution is -0.129. The Morgan fingerprint density at radius 1 is 1.18 bits per heavy atom. The Morgan fingerprint density at radius 2 is 1.71 bits per heavy atom. The number of hydrogen-bond donors (Lipinski definition) is 0. The van der Waals surface area contributed by atoms with E-state index >= 15 is 0 Å². The zero-order valence-electron chi connectivity index (χ0n) is 10.7. The highest BCUT2D eigenvalue weighted by atomic mass is 31.2. The van der Waals surface area contributed by atoms with Gasteiger partial charge in [0.15, 0.2) is 0 Å². The summed E-state index contributed by atoms with van der Waals surface area (Å²) in [5, 5.41) is 0. The van der Waals surface area contributed by atoms with Gasteiger partial charge in [0, 0.05) is 19.5 Å². The Kier molecular flexibility index (Phi) is 6.17. The van der Waals surface area contributed by atoms with Gasteiger partial charge in [0.25, 0.3) is 0 Å². The van der Waals surface area contributed by atoms with E-state index in [0.29, 0.717) is 13.2 Å². The van der Waals surface area contributed by atoms with Crippen LogP contribution in [-0.4, -0.2) is 43.3 Å². The van der Waals surface area contributed by atoms with E-state index in [0.717, 1.165) is 25.9 Å². The second-order valence-electron chi connectivity index (χ2n) is 4.01. The number of amides is 1.